The fourth-order valence-corrected chi connectivity index (χ4v) is 4.69. The summed E-state index contributed by atoms with van der Waals surface area (Å²) in [5, 5.41) is 25.3. The van der Waals surface area contributed by atoms with Crippen LogP contribution in [0.3, 0.4) is 0 Å². The number of nitrogens with zero attached hydrogens (tertiary/aromatic N) is 5. The highest BCUT2D eigenvalue weighted by atomic mass is 19.4. The molecule has 228 valence electrons. The van der Waals surface area contributed by atoms with E-state index >= 15 is 0 Å². The fourth-order valence-electron chi connectivity index (χ4n) is 4.69. The molecule has 0 unspecified atom stereocenters. The first-order valence-corrected chi connectivity index (χ1v) is 13.9. The highest BCUT2D eigenvalue weighted by Crippen LogP contribution is 2.24. The van der Waals surface area contributed by atoms with Gasteiger partial charge in [0.25, 0.3) is 0 Å². The molecule has 0 saturated carbocycles. The van der Waals surface area contributed by atoms with Crippen LogP contribution in [0.5, 0.6) is 5.75 Å². The summed E-state index contributed by atoms with van der Waals surface area (Å²) in [6.07, 6.45) is -3.08. The maximum atomic E-state index is 12.5. The van der Waals surface area contributed by atoms with E-state index in [0.717, 1.165) is 37.6 Å². The van der Waals surface area contributed by atoms with Crippen LogP contribution in [0.1, 0.15) is 24.0 Å². The molecule has 1 fully saturated rings. The van der Waals surface area contributed by atoms with E-state index in [4.69, 9.17) is 0 Å². The van der Waals surface area contributed by atoms with Crippen molar-refractivity contribution in [1.29, 1.82) is 0 Å². The molecule has 2 aromatic heterocycles. The Morgan fingerprint density at radius 3 is 1.95 bits per heavy atom. The van der Waals surface area contributed by atoms with Gasteiger partial charge >= 0.3 is 6.36 Å². The molecule has 2 aromatic carbocycles. The van der Waals surface area contributed by atoms with E-state index < -0.39 is 18.0 Å². The van der Waals surface area contributed by atoms with Crippen LogP contribution >= 0.6 is 0 Å². The molecule has 3 heterocycles. The Morgan fingerprint density at radius 2 is 1.34 bits per heavy atom. The van der Waals surface area contributed by atoms with E-state index in [9.17, 15) is 22.8 Å². The minimum absolute atomic E-state index is 0.158. The summed E-state index contributed by atoms with van der Waals surface area (Å²) in [6.45, 7) is 1.44. The molecule has 14 heteroatoms. The monoisotopic (exact) mass is 606 g/mol. The number of alkyl halides is 3. The molecule has 1 saturated heterocycles. The number of hydrogen-bond donors (Lipinski definition) is 3. The molecule has 2 amide bonds. The van der Waals surface area contributed by atoms with Crippen LogP contribution in [0.4, 0.5) is 36.4 Å². The van der Waals surface area contributed by atoms with Crippen molar-refractivity contribution in [2.75, 3.05) is 33.9 Å². The van der Waals surface area contributed by atoms with Gasteiger partial charge in [-0.3, -0.25) is 9.59 Å². The number of ether oxygens (including phenoxy) is 1. The predicted octanol–water partition coefficient (Wildman–Crippen LogP) is 4.61. The van der Waals surface area contributed by atoms with E-state index in [-0.39, 0.29) is 30.6 Å². The predicted molar refractivity (Wildman–Crippen MR) is 157 cm³/mol. The summed E-state index contributed by atoms with van der Waals surface area (Å²) in [6, 6.07) is 21.7. The number of rotatable bonds is 10. The van der Waals surface area contributed by atoms with Gasteiger partial charge in [-0.05, 0) is 60.4 Å². The largest absolute Gasteiger partial charge is 0.573 e. The first-order valence-electron chi connectivity index (χ1n) is 13.9. The van der Waals surface area contributed by atoms with Crippen molar-refractivity contribution in [3.05, 3.63) is 90.0 Å². The van der Waals surface area contributed by atoms with Crippen LogP contribution in [0, 0.1) is 0 Å². The minimum Gasteiger partial charge on any atom is -0.406 e. The van der Waals surface area contributed by atoms with E-state index in [0.29, 0.717) is 23.0 Å². The topological polar surface area (TPSA) is 134 Å². The van der Waals surface area contributed by atoms with Gasteiger partial charge in [0, 0.05) is 19.1 Å². The number of amides is 2. The Bertz CT molecular complexity index is 1550. The molecule has 0 bridgehead atoms. The fraction of sp³-hybridized carbons (Fsp3) is 0.267. The van der Waals surface area contributed by atoms with Gasteiger partial charge in [0.15, 0.2) is 17.5 Å². The van der Waals surface area contributed by atoms with E-state index in [1.165, 1.54) is 18.2 Å². The number of aromatic nitrogens is 4. The zero-order valence-electron chi connectivity index (χ0n) is 23.4. The third-order valence-electron chi connectivity index (χ3n) is 6.73. The van der Waals surface area contributed by atoms with E-state index in [1.807, 2.05) is 30.3 Å². The lowest BCUT2D eigenvalue weighted by Crippen LogP contribution is -2.39. The normalized spacial score (nSPS) is 13.7. The quantitative estimate of drug-likeness (QED) is 0.237. The molecule has 4 aromatic rings. The van der Waals surface area contributed by atoms with Crippen LogP contribution in [-0.2, 0) is 22.4 Å². The Balaban J connectivity index is 1.04. The summed E-state index contributed by atoms with van der Waals surface area (Å²) in [4.78, 5) is 26.7. The molecule has 0 radical (unpaired) electrons. The summed E-state index contributed by atoms with van der Waals surface area (Å²) in [7, 11) is 0. The average Bonchev–Trinajstić information content (AvgIpc) is 2.99. The van der Waals surface area contributed by atoms with Crippen molar-refractivity contribution in [2.24, 2.45) is 0 Å². The molecule has 0 atom stereocenters. The van der Waals surface area contributed by atoms with Gasteiger partial charge in [0.05, 0.1) is 12.8 Å². The van der Waals surface area contributed by atoms with Crippen molar-refractivity contribution in [3.8, 4) is 5.75 Å². The second-order valence-electron chi connectivity index (χ2n) is 10.1. The van der Waals surface area contributed by atoms with Crippen LogP contribution in [-0.4, -0.2) is 57.7 Å². The Labute approximate surface area is 250 Å². The first kappa shape index (κ1) is 30.2. The highest BCUT2D eigenvalue weighted by Gasteiger charge is 2.31. The first-order chi connectivity index (χ1) is 21.2. The Kier molecular flexibility index (Phi) is 9.47. The molecule has 3 N–H and O–H groups in total. The average molecular weight is 607 g/mol. The zero-order valence-corrected chi connectivity index (χ0v) is 23.4. The summed E-state index contributed by atoms with van der Waals surface area (Å²) in [5.74, 6) is 0.885. The number of piperidine rings is 1. The van der Waals surface area contributed by atoms with Gasteiger partial charge in [0.1, 0.15) is 11.6 Å². The number of halogens is 3. The molecule has 1 aliphatic heterocycles. The number of hydrogen-bond acceptors (Lipinski definition) is 9. The van der Waals surface area contributed by atoms with Crippen LogP contribution < -0.4 is 25.6 Å². The number of carbonyl (C=O) groups is 2. The molecule has 0 spiro atoms. The second-order valence-corrected chi connectivity index (χ2v) is 10.1. The molecule has 11 nitrogen and oxygen atoms in total. The number of benzene rings is 2. The smallest absolute Gasteiger partial charge is 0.406 e. The van der Waals surface area contributed by atoms with Crippen molar-refractivity contribution in [2.45, 2.75) is 38.1 Å². The van der Waals surface area contributed by atoms with Crippen LogP contribution in [0.15, 0.2) is 78.9 Å². The molecule has 44 heavy (non-hydrogen) atoms. The molecular formula is C30H29F3N8O3. The zero-order chi connectivity index (χ0) is 30.9. The Hall–Kier alpha value is -5.27. The van der Waals surface area contributed by atoms with E-state index in [1.54, 1.807) is 24.3 Å². The maximum absolute atomic E-state index is 12.5. The highest BCUT2D eigenvalue weighted by molar-refractivity contribution is 5.92. The van der Waals surface area contributed by atoms with Crippen molar-refractivity contribution in [1.82, 2.24) is 20.4 Å². The summed E-state index contributed by atoms with van der Waals surface area (Å²) in [5.41, 5.74) is 1.27. The van der Waals surface area contributed by atoms with Crippen molar-refractivity contribution < 1.29 is 27.5 Å². The molecule has 1 aliphatic rings. The van der Waals surface area contributed by atoms with Gasteiger partial charge in [-0.25, -0.2) is 0 Å². The van der Waals surface area contributed by atoms with Gasteiger partial charge in [-0.1, -0.05) is 42.5 Å². The lowest BCUT2D eigenvalue weighted by atomic mass is 10.1. The van der Waals surface area contributed by atoms with Gasteiger partial charge in [0.2, 0.25) is 11.8 Å². The van der Waals surface area contributed by atoms with Gasteiger partial charge < -0.3 is 25.6 Å². The second kappa shape index (κ2) is 13.8. The molecule has 5 rings (SSSR count). The number of carbonyl (C=O) groups excluding carboxylic acids is 2. The lowest BCUT2D eigenvalue weighted by Gasteiger charge is -2.33. The summed E-state index contributed by atoms with van der Waals surface area (Å²) < 4.78 is 41.3. The van der Waals surface area contributed by atoms with E-state index in [2.05, 4.69) is 46.0 Å². The molecular weight excluding hydrogens is 577 g/mol. The number of anilines is 4. The molecule has 0 aliphatic carbocycles. The van der Waals surface area contributed by atoms with Crippen molar-refractivity contribution >= 4 is 35.1 Å². The SMILES string of the molecule is O=C(Cc1ccccc1)Nc1ccc(NC2CCN(c3ccc(NC(=O)Cc4cccc(OC(F)(F)F)c4)nn3)CC2)nn1. The third-order valence-corrected chi connectivity index (χ3v) is 6.73. The number of nitrogens with one attached hydrogen (secondary N) is 3. The maximum Gasteiger partial charge on any atom is 0.573 e. The standard InChI is InChI=1S/C30H29F3N8O3/c31-30(32,33)44-23-8-4-7-21(17-23)19-29(43)36-26-11-12-27(40-39-26)41-15-13-22(14-16-41)34-24-9-10-25(38-37-24)35-28(42)18-20-5-2-1-3-6-20/h1-12,17,22H,13-16,18-19H2,(H,34,37)(H,35,38,42)(H,36,39,43). The van der Waals surface area contributed by atoms with Crippen molar-refractivity contribution in [3.63, 3.8) is 0 Å². The van der Waals surface area contributed by atoms with Crippen LogP contribution in [0.2, 0.25) is 0 Å². The van der Waals surface area contributed by atoms with Gasteiger partial charge in [-0.2, -0.15) is 0 Å². The minimum atomic E-state index is -4.81. The lowest BCUT2D eigenvalue weighted by molar-refractivity contribution is -0.274. The third kappa shape index (κ3) is 9.11. The Morgan fingerprint density at radius 1 is 0.750 bits per heavy atom. The van der Waals surface area contributed by atoms with Gasteiger partial charge in [-0.15, -0.1) is 33.6 Å². The van der Waals surface area contributed by atoms with Crippen LogP contribution in [0.25, 0.3) is 0 Å². The summed E-state index contributed by atoms with van der Waals surface area (Å²) >= 11 is 0.